The van der Waals surface area contributed by atoms with E-state index in [9.17, 15) is 25.9 Å². The fraction of sp³-hybridized carbons (Fsp3) is 0.0769. The van der Waals surface area contributed by atoms with Crippen molar-refractivity contribution < 1.29 is 30.7 Å². The third-order valence-electron chi connectivity index (χ3n) is 8.77. The number of hydrogen-bond donors (Lipinski definition) is 2. The molecule has 0 spiro atoms. The van der Waals surface area contributed by atoms with E-state index >= 15 is 0 Å². The van der Waals surface area contributed by atoms with Crippen molar-refractivity contribution in [1.82, 2.24) is 0 Å². The molecule has 0 aliphatic carbocycles. The molecule has 0 saturated carbocycles. The summed E-state index contributed by atoms with van der Waals surface area (Å²) < 4.78 is 79.5. The van der Waals surface area contributed by atoms with Gasteiger partial charge in [0.15, 0.2) is 0 Å². The second-order valence-corrected chi connectivity index (χ2v) is 19.5. The molecule has 0 amide bonds. The Morgan fingerprint density at radius 1 is 0.490 bits per heavy atom. The molecule has 6 aromatic rings. The summed E-state index contributed by atoms with van der Waals surface area (Å²) in [6.45, 7) is 3.73. The molecule has 12 heteroatoms. The van der Waals surface area contributed by atoms with Gasteiger partial charge in [-0.3, -0.25) is 9.11 Å². The summed E-state index contributed by atoms with van der Waals surface area (Å²) >= 11 is 0. The number of benzene rings is 6. The molecule has 0 atom stereocenters. The topological polar surface area (TPSA) is 118 Å². The summed E-state index contributed by atoms with van der Waals surface area (Å²) in [6, 6.07) is 44.7. The zero-order valence-corrected chi connectivity index (χ0v) is 30.4. The Hall–Kier alpha value is -3.20. The van der Waals surface area contributed by atoms with Crippen LogP contribution in [-0.4, -0.2) is 55.5 Å². The van der Waals surface area contributed by atoms with Gasteiger partial charge in [0.2, 0.25) is 0 Å². The van der Waals surface area contributed by atoms with Crippen LogP contribution in [0.5, 0.6) is 11.5 Å². The average molecular weight is 763 g/mol. The van der Waals surface area contributed by atoms with Crippen LogP contribution in [0, 0.1) is 0 Å². The first-order valence-corrected chi connectivity index (χ1v) is 21.2. The Morgan fingerprint density at radius 2 is 0.765 bits per heavy atom. The van der Waals surface area contributed by atoms with Crippen LogP contribution in [0.2, 0.25) is 0 Å². The number of ether oxygens (including phenoxy) is 1. The summed E-state index contributed by atoms with van der Waals surface area (Å²) in [4.78, 5) is -0.597. The summed E-state index contributed by atoms with van der Waals surface area (Å²) in [5.74, 6) is 0.872. The molecular weight excluding hydrogens is 729 g/mol. The van der Waals surface area contributed by atoms with Crippen LogP contribution >= 0.6 is 15.8 Å². The van der Waals surface area contributed by atoms with E-state index < -0.39 is 41.5 Å². The van der Waals surface area contributed by atoms with Gasteiger partial charge in [0.05, 0.1) is 9.79 Å². The molecule has 0 aromatic heterocycles. The number of fused-ring (bicyclic) bond motifs is 2. The molecule has 1 aliphatic heterocycles. The fourth-order valence-electron chi connectivity index (χ4n) is 6.36. The molecule has 1 aliphatic rings. The average Bonchev–Trinajstić information content (AvgIpc) is 3.10. The first-order chi connectivity index (χ1) is 23.8. The normalized spacial score (nSPS) is 13.5. The van der Waals surface area contributed by atoms with Crippen LogP contribution < -0.4 is 36.6 Å². The van der Waals surface area contributed by atoms with Crippen molar-refractivity contribution >= 4 is 97.5 Å². The van der Waals surface area contributed by atoms with Crippen LogP contribution in [0.25, 0.3) is 0 Å². The first kappa shape index (κ1) is 37.6. The molecule has 1 heterocycles. The number of hydrogen-bond acceptors (Lipinski definition) is 5. The van der Waals surface area contributed by atoms with Crippen molar-refractivity contribution in [2.45, 2.75) is 29.1 Å². The second kappa shape index (κ2) is 14.7. The summed E-state index contributed by atoms with van der Waals surface area (Å²) in [7, 11) is -12.2. The zero-order chi connectivity index (χ0) is 35.3. The van der Waals surface area contributed by atoms with Crippen molar-refractivity contribution in [3.05, 3.63) is 157 Å². The van der Waals surface area contributed by atoms with E-state index in [4.69, 9.17) is 4.74 Å². The van der Waals surface area contributed by atoms with Crippen molar-refractivity contribution in [1.29, 1.82) is 0 Å². The molecule has 0 saturated heterocycles. The van der Waals surface area contributed by atoms with Gasteiger partial charge in [-0.05, 0) is 61.3 Å². The molecule has 51 heavy (non-hydrogen) atoms. The minimum atomic E-state index is -4.69. The molecule has 0 radical (unpaired) electrons. The monoisotopic (exact) mass is 762 g/mol. The number of rotatable bonds is 8. The fourth-order valence-corrected chi connectivity index (χ4v) is 12.5. The molecule has 0 fully saturated rings. The Labute approximate surface area is 323 Å². The Morgan fingerprint density at radius 3 is 1.02 bits per heavy atom. The van der Waals surface area contributed by atoms with E-state index in [1.165, 1.54) is 24.3 Å². The molecule has 7 nitrogen and oxygen atoms in total. The van der Waals surface area contributed by atoms with Crippen molar-refractivity contribution in [2.75, 3.05) is 0 Å². The van der Waals surface area contributed by atoms with Crippen LogP contribution in [-0.2, 0) is 25.7 Å². The Balaban J connectivity index is 0.00000448. The van der Waals surface area contributed by atoms with Gasteiger partial charge in [0.25, 0.3) is 20.2 Å². The van der Waals surface area contributed by atoms with Gasteiger partial charge in [-0.25, -0.2) is 0 Å². The van der Waals surface area contributed by atoms with Gasteiger partial charge >= 0.3 is 29.6 Å². The first-order valence-electron chi connectivity index (χ1n) is 15.6. The Kier molecular flexibility index (Phi) is 10.8. The van der Waals surface area contributed by atoms with Gasteiger partial charge < -0.3 is 4.74 Å². The van der Waals surface area contributed by atoms with Crippen LogP contribution in [0.1, 0.15) is 25.0 Å². The van der Waals surface area contributed by atoms with E-state index in [1.54, 1.807) is 0 Å². The van der Waals surface area contributed by atoms with Gasteiger partial charge in [-0.2, -0.15) is 16.8 Å². The van der Waals surface area contributed by atoms with Gasteiger partial charge in [-0.1, -0.05) is 135 Å². The summed E-state index contributed by atoms with van der Waals surface area (Å²) in [6.07, 6.45) is 0. The summed E-state index contributed by atoms with van der Waals surface area (Å²) in [5, 5.41) is 4.91. The molecule has 254 valence electrons. The van der Waals surface area contributed by atoms with Gasteiger partial charge in [0.1, 0.15) is 11.5 Å². The summed E-state index contributed by atoms with van der Waals surface area (Å²) in [5.41, 5.74) is -0.148. The van der Waals surface area contributed by atoms with Gasteiger partial charge in [-0.15, -0.1) is 0 Å². The van der Waals surface area contributed by atoms with Crippen LogP contribution in [0.4, 0.5) is 0 Å². The van der Waals surface area contributed by atoms with Crippen LogP contribution in [0.3, 0.4) is 0 Å². The van der Waals surface area contributed by atoms with Crippen molar-refractivity contribution in [2.24, 2.45) is 0 Å². The molecule has 0 bridgehead atoms. The predicted molar refractivity (Wildman–Crippen MR) is 209 cm³/mol. The van der Waals surface area contributed by atoms with E-state index in [0.717, 1.165) is 21.2 Å². The van der Waals surface area contributed by atoms with E-state index in [-0.39, 0.29) is 39.3 Å². The molecule has 2 N–H and O–H groups in total. The van der Waals surface area contributed by atoms with E-state index in [0.29, 0.717) is 33.2 Å². The maximum atomic E-state index is 12.9. The quantitative estimate of drug-likeness (QED) is 0.120. The molecule has 0 unspecified atom stereocenters. The van der Waals surface area contributed by atoms with Crippen molar-refractivity contribution in [3.63, 3.8) is 0 Å². The molecule has 6 aromatic carbocycles. The van der Waals surface area contributed by atoms with Gasteiger partial charge in [0, 0.05) is 27.2 Å². The third kappa shape index (κ3) is 7.38. The maximum absolute atomic E-state index is 12.9. The zero-order valence-electron chi connectivity index (χ0n) is 27.0. The molecule has 7 rings (SSSR count). The SMILES string of the molecule is CC1(C)c2cc(S(=O)(=O)O)cc(P(c3ccccc3)c3ccccc3)c2Oc2c(P(c3ccccc3)c3ccccc3)cc(S(=O)(=O)O)cc21.[NaH]. The molecular formula is C39H33NaO7P2S2. The standard InChI is InChI=1S/C39H32O7P2S2.Na.H/c1-39(2)33-23-31(49(40,41)42)25-35(47(27-15-7-3-8-16-27)28-17-9-4-10-18-28)37(33)46-38-34(39)24-32(50(43,44)45)26-36(38)48(29-19-11-5-12-20-29)30-21-13-6-14-22-30;;/h3-26H,1-2H3,(H,40,41,42)(H,43,44,45);;. The van der Waals surface area contributed by atoms with E-state index in [2.05, 4.69) is 0 Å². The van der Waals surface area contributed by atoms with Crippen molar-refractivity contribution in [3.8, 4) is 11.5 Å². The minimum absolute atomic E-state index is 0. The predicted octanol–water partition coefficient (Wildman–Crippen LogP) is 5.48. The van der Waals surface area contributed by atoms with Crippen LogP contribution in [0.15, 0.2) is 155 Å². The van der Waals surface area contributed by atoms with E-state index in [1.807, 2.05) is 135 Å². The Bertz CT molecular complexity index is 2180. The second-order valence-electron chi connectivity index (χ2n) is 12.3. The third-order valence-corrected chi connectivity index (χ3v) is 15.3.